The third-order valence-electron chi connectivity index (χ3n) is 6.12. The molecule has 0 spiro atoms. The number of halogens is 5. The Morgan fingerprint density at radius 1 is 1.03 bits per heavy atom. The Morgan fingerprint density at radius 2 is 1.69 bits per heavy atom. The van der Waals surface area contributed by atoms with E-state index in [0.717, 1.165) is 28.9 Å². The van der Waals surface area contributed by atoms with Crippen molar-refractivity contribution in [3.63, 3.8) is 0 Å². The van der Waals surface area contributed by atoms with Crippen LogP contribution in [-0.4, -0.2) is 15.9 Å². The van der Waals surface area contributed by atoms with Crippen LogP contribution >= 0.6 is 31.9 Å². The van der Waals surface area contributed by atoms with E-state index in [2.05, 4.69) is 47.1 Å². The summed E-state index contributed by atoms with van der Waals surface area (Å²) in [4.78, 5) is 20.9. The number of rotatable bonds is 5. The summed E-state index contributed by atoms with van der Waals surface area (Å²) in [5.41, 5.74) is 0.946. The molecule has 0 bridgehead atoms. The van der Waals surface area contributed by atoms with Gasteiger partial charge in [-0.25, -0.2) is 0 Å². The maximum absolute atomic E-state index is 13.1. The monoisotopic (exact) mass is 618 g/mol. The van der Waals surface area contributed by atoms with Gasteiger partial charge in [0.15, 0.2) is 0 Å². The van der Waals surface area contributed by atoms with Crippen molar-refractivity contribution < 1.29 is 18.0 Å². The van der Waals surface area contributed by atoms with Crippen molar-refractivity contribution in [2.24, 2.45) is 0 Å². The van der Waals surface area contributed by atoms with Crippen LogP contribution < -0.4 is 5.32 Å². The highest BCUT2D eigenvalue weighted by atomic mass is 79.9. The average molecular weight is 620 g/mol. The zero-order valence-electron chi connectivity index (χ0n) is 18.7. The molecule has 5 nitrogen and oxygen atoms in total. The zero-order valence-corrected chi connectivity index (χ0v) is 21.9. The van der Waals surface area contributed by atoms with E-state index in [4.69, 9.17) is 0 Å². The van der Waals surface area contributed by atoms with Crippen LogP contribution in [0.15, 0.2) is 69.4 Å². The molecular weight excluding hydrogens is 601 g/mol. The van der Waals surface area contributed by atoms with Crippen LogP contribution in [0.3, 0.4) is 0 Å². The lowest BCUT2D eigenvalue weighted by Gasteiger charge is -2.31. The van der Waals surface area contributed by atoms with Crippen molar-refractivity contribution in [2.75, 3.05) is 0 Å². The Morgan fingerprint density at radius 3 is 2.25 bits per heavy atom. The first-order chi connectivity index (χ1) is 17.1. The molecule has 0 saturated heterocycles. The third kappa shape index (κ3) is 5.68. The normalized spacial score (nSPS) is 15.4. The lowest BCUT2D eigenvalue weighted by molar-refractivity contribution is -0.141. The van der Waals surface area contributed by atoms with Crippen LogP contribution in [0.2, 0.25) is 0 Å². The molecule has 1 aliphatic carbocycles. The number of carbonyl (C=O) groups excluding carboxylic acids is 1. The molecule has 1 aromatic carbocycles. The van der Waals surface area contributed by atoms with Gasteiger partial charge in [-0.05, 0) is 74.0 Å². The Bertz CT molecular complexity index is 1340. The fourth-order valence-corrected chi connectivity index (χ4v) is 5.38. The first-order valence-corrected chi connectivity index (χ1v) is 12.6. The number of hydrogen-bond acceptors (Lipinski definition) is 4. The number of hydrogen-bond donors (Lipinski definition) is 1. The molecule has 2 aromatic heterocycles. The van der Waals surface area contributed by atoms with Crippen LogP contribution in [0.4, 0.5) is 13.2 Å². The summed E-state index contributed by atoms with van der Waals surface area (Å²) in [6, 6.07) is 13.4. The molecule has 1 amide bonds. The second kappa shape index (κ2) is 10.5. The second-order valence-electron chi connectivity index (χ2n) is 8.44. The molecule has 3 aromatic rings. The number of alkyl halides is 3. The van der Waals surface area contributed by atoms with Crippen molar-refractivity contribution in [1.29, 1.82) is 5.26 Å². The van der Waals surface area contributed by atoms with Crippen molar-refractivity contribution in [3.8, 4) is 17.2 Å². The molecule has 2 heterocycles. The van der Waals surface area contributed by atoms with Crippen molar-refractivity contribution >= 4 is 43.8 Å². The molecule has 0 unspecified atom stereocenters. The predicted molar refractivity (Wildman–Crippen MR) is 136 cm³/mol. The largest absolute Gasteiger partial charge is 0.433 e. The molecule has 1 aliphatic rings. The molecule has 36 heavy (non-hydrogen) atoms. The molecule has 1 N–H and O–H groups in total. The Hall–Kier alpha value is -3.03. The molecule has 4 rings (SSSR count). The molecule has 184 valence electrons. The minimum atomic E-state index is -4.49. The van der Waals surface area contributed by atoms with Gasteiger partial charge in [0.05, 0.1) is 11.2 Å². The minimum Gasteiger partial charge on any atom is -0.342 e. The summed E-state index contributed by atoms with van der Waals surface area (Å²) in [6.07, 6.45) is 2.97. The number of nitrogens with zero attached hydrogens (tertiary/aromatic N) is 3. The first-order valence-electron chi connectivity index (χ1n) is 11.0. The third-order valence-corrected chi connectivity index (χ3v) is 7.19. The highest BCUT2D eigenvalue weighted by Gasteiger charge is 2.38. The highest BCUT2D eigenvalue weighted by molar-refractivity contribution is 9.11. The lowest BCUT2D eigenvalue weighted by Crippen LogP contribution is -2.44. The van der Waals surface area contributed by atoms with E-state index in [1.165, 1.54) is 18.3 Å². The van der Waals surface area contributed by atoms with E-state index in [1.807, 2.05) is 18.2 Å². The molecule has 0 aliphatic heterocycles. The van der Waals surface area contributed by atoms with Gasteiger partial charge in [-0.1, -0.05) is 43.2 Å². The quantitative estimate of drug-likeness (QED) is 0.242. The second-order valence-corrected chi connectivity index (χ2v) is 10.2. The van der Waals surface area contributed by atoms with Gasteiger partial charge in [0, 0.05) is 26.9 Å². The Balaban J connectivity index is 1.58. The van der Waals surface area contributed by atoms with Crippen molar-refractivity contribution in [2.45, 2.75) is 37.4 Å². The summed E-state index contributed by atoms with van der Waals surface area (Å²) >= 11 is 6.72. The minimum absolute atomic E-state index is 0.0655. The average Bonchev–Trinajstić information content (AvgIpc) is 3.33. The first kappa shape index (κ1) is 26.0. The topological polar surface area (TPSA) is 78.7 Å². The summed E-state index contributed by atoms with van der Waals surface area (Å²) in [5, 5.41) is 12.7. The van der Waals surface area contributed by atoms with E-state index < -0.39 is 23.3 Å². The number of carbonyl (C=O) groups is 1. The van der Waals surface area contributed by atoms with Gasteiger partial charge in [0.25, 0.3) is 5.91 Å². The van der Waals surface area contributed by atoms with Gasteiger partial charge >= 0.3 is 6.18 Å². The summed E-state index contributed by atoms with van der Waals surface area (Å²) in [6.45, 7) is 0. The molecule has 10 heteroatoms. The van der Waals surface area contributed by atoms with Gasteiger partial charge in [0.2, 0.25) is 0 Å². The van der Waals surface area contributed by atoms with E-state index in [9.17, 15) is 23.2 Å². The number of benzene rings is 1. The fourth-order valence-electron chi connectivity index (χ4n) is 4.28. The van der Waals surface area contributed by atoms with Crippen molar-refractivity contribution in [1.82, 2.24) is 15.3 Å². The zero-order chi connectivity index (χ0) is 25.9. The smallest absolute Gasteiger partial charge is 0.342 e. The number of nitrogens with one attached hydrogen (secondary N) is 1. The van der Waals surface area contributed by atoms with E-state index in [1.54, 1.807) is 24.4 Å². The molecule has 0 radical (unpaired) electrons. The van der Waals surface area contributed by atoms with E-state index in [-0.39, 0.29) is 5.57 Å². The van der Waals surface area contributed by atoms with E-state index in [0.29, 0.717) is 34.1 Å². The van der Waals surface area contributed by atoms with Gasteiger partial charge < -0.3 is 5.32 Å². The Labute approximate surface area is 222 Å². The number of amides is 1. The van der Waals surface area contributed by atoms with Gasteiger partial charge in [-0.3, -0.25) is 14.8 Å². The standard InChI is InChI=1S/C26H19Br2F3N4O/c27-20-12-21(28)22(33-15-20)11-18(13-32)24(36)35-25(9-1-2-10-25)19-6-3-16(4-7-19)17-5-8-23(34-14-17)26(29,30)31/h3-8,11-12,14-15H,1-2,9-10H2,(H,35,36)/b18-11+. The molecule has 0 atom stereocenters. The molecule has 1 saturated carbocycles. The molecular formula is C26H19Br2F3N4O. The molecule has 1 fully saturated rings. The van der Waals surface area contributed by atoms with Gasteiger partial charge in [0.1, 0.15) is 17.3 Å². The van der Waals surface area contributed by atoms with Crippen LogP contribution in [0.25, 0.3) is 17.2 Å². The van der Waals surface area contributed by atoms with Crippen LogP contribution in [0.1, 0.15) is 42.6 Å². The number of nitriles is 1. The summed E-state index contributed by atoms with van der Waals surface area (Å²) < 4.78 is 39.8. The van der Waals surface area contributed by atoms with Gasteiger partial charge in [-0.2, -0.15) is 18.4 Å². The predicted octanol–water partition coefficient (Wildman–Crippen LogP) is 7.18. The summed E-state index contributed by atoms with van der Waals surface area (Å²) in [7, 11) is 0. The summed E-state index contributed by atoms with van der Waals surface area (Å²) in [5.74, 6) is -0.493. The number of pyridine rings is 2. The van der Waals surface area contributed by atoms with Crippen LogP contribution in [0.5, 0.6) is 0 Å². The van der Waals surface area contributed by atoms with Crippen LogP contribution in [0, 0.1) is 11.3 Å². The fraction of sp³-hybridized carbons (Fsp3) is 0.231. The SMILES string of the molecule is N#C/C(=C\c1ncc(Br)cc1Br)C(=O)NC1(c2ccc(-c3ccc(C(F)(F)F)nc3)cc2)CCCC1. The lowest BCUT2D eigenvalue weighted by atomic mass is 9.86. The van der Waals surface area contributed by atoms with E-state index >= 15 is 0 Å². The van der Waals surface area contributed by atoms with Gasteiger partial charge in [-0.15, -0.1) is 0 Å². The highest BCUT2D eigenvalue weighted by Crippen LogP contribution is 2.40. The van der Waals surface area contributed by atoms with Crippen molar-refractivity contribution in [3.05, 3.63) is 86.3 Å². The maximum Gasteiger partial charge on any atom is 0.433 e. The Kier molecular flexibility index (Phi) is 7.62. The maximum atomic E-state index is 13.1. The number of aromatic nitrogens is 2. The van der Waals surface area contributed by atoms with Crippen LogP contribution in [-0.2, 0) is 16.5 Å².